The molecular formula is C14H18N6. The zero-order valence-electron chi connectivity index (χ0n) is 11.4. The van der Waals surface area contributed by atoms with Gasteiger partial charge in [0.2, 0.25) is 5.95 Å². The number of hydrogen-bond donors (Lipinski definition) is 1. The Balaban J connectivity index is 1.65. The van der Waals surface area contributed by atoms with Gasteiger partial charge in [0.15, 0.2) is 5.82 Å². The molecule has 1 N–H and O–H groups in total. The molecule has 0 saturated carbocycles. The van der Waals surface area contributed by atoms with E-state index in [2.05, 4.69) is 30.4 Å². The molecule has 20 heavy (non-hydrogen) atoms. The lowest BCUT2D eigenvalue weighted by Crippen LogP contribution is -2.31. The highest BCUT2D eigenvalue weighted by molar-refractivity contribution is 5.39. The predicted molar refractivity (Wildman–Crippen MR) is 77.5 cm³/mol. The molecule has 3 rings (SSSR count). The summed E-state index contributed by atoms with van der Waals surface area (Å²) in [5.41, 5.74) is 1.16. The number of nitrogens with zero attached hydrogens (tertiary/aromatic N) is 5. The van der Waals surface area contributed by atoms with Crippen LogP contribution in [0.2, 0.25) is 0 Å². The Morgan fingerprint density at radius 3 is 2.70 bits per heavy atom. The first kappa shape index (κ1) is 12.8. The van der Waals surface area contributed by atoms with Gasteiger partial charge in [-0.3, -0.25) is 4.98 Å². The van der Waals surface area contributed by atoms with Crippen LogP contribution in [0.25, 0.3) is 0 Å². The van der Waals surface area contributed by atoms with Crippen LogP contribution in [-0.4, -0.2) is 33.3 Å². The topological polar surface area (TPSA) is 66.8 Å². The van der Waals surface area contributed by atoms with Gasteiger partial charge in [0.1, 0.15) is 0 Å². The molecule has 0 spiro atoms. The summed E-state index contributed by atoms with van der Waals surface area (Å²) in [7, 11) is 0. The number of rotatable bonds is 4. The third-order valence-electron chi connectivity index (χ3n) is 3.41. The van der Waals surface area contributed by atoms with Crippen molar-refractivity contribution in [1.29, 1.82) is 0 Å². The smallest absolute Gasteiger partial charge is 0.247 e. The van der Waals surface area contributed by atoms with E-state index in [1.54, 1.807) is 18.6 Å². The Labute approximate surface area is 118 Å². The summed E-state index contributed by atoms with van der Waals surface area (Å²) < 4.78 is 0. The highest BCUT2D eigenvalue weighted by atomic mass is 15.3. The number of piperidine rings is 1. The second kappa shape index (κ2) is 6.27. The molecule has 1 aliphatic heterocycles. The maximum absolute atomic E-state index is 4.54. The fraction of sp³-hybridized carbons (Fsp3) is 0.429. The van der Waals surface area contributed by atoms with Crippen LogP contribution in [0, 0.1) is 0 Å². The van der Waals surface area contributed by atoms with Crippen LogP contribution >= 0.6 is 0 Å². The van der Waals surface area contributed by atoms with Crippen LogP contribution in [0.1, 0.15) is 24.8 Å². The van der Waals surface area contributed by atoms with Gasteiger partial charge in [-0.2, -0.15) is 10.1 Å². The largest absolute Gasteiger partial charge is 0.365 e. The van der Waals surface area contributed by atoms with Crippen molar-refractivity contribution >= 4 is 11.8 Å². The lowest BCUT2D eigenvalue weighted by atomic mass is 10.1. The minimum absolute atomic E-state index is 0.709. The second-order valence-electron chi connectivity index (χ2n) is 4.90. The summed E-state index contributed by atoms with van der Waals surface area (Å²) in [5.74, 6) is 1.49. The quantitative estimate of drug-likeness (QED) is 0.915. The van der Waals surface area contributed by atoms with Crippen molar-refractivity contribution in [3.05, 3.63) is 36.3 Å². The minimum Gasteiger partial charge on any atom is -0.365 e. The SMILES string of the molecule is c1cc(CNc2cnnc(N3CCCCC3)n2)ccn1. The number of aromatic nitrogens is 4. The van der Waals surface area contributed by atoms with E-state index in [0.29, 0.717) is 6.54 Å². The molecule has 0 aromatic carbocycles. The lowest BCUT2D eigenvalue weighted by molar-refractivity contribution is 0.565. The van der Waals surface area contributed by atoms with Gasteiger partial charge in [0.25, 0.3) is 0 Å². The van der Waals surface area contributed by atoms with E-state index in [0.717, 1.165) is 30.4 Å². The van der Waals surface area contributed by atoms with Crippen LogP contribution in [0.15, 0.2) is 30.7 Å². The maximum atomic E-state index is 4.54. The summed E-state index contributed by atoms with van der Waals surface area (Å²) in [6, 6.07) is 3.96. The highest BCUT2D eigenvalue weighted by Gasteiger charge is 2.14. The van der Waals surface area contributed by atoms with E-state index in [9.17, 15) is 0 Å². The first-order chi connectivity index (χ1) is 9.92. The zero-order valence-corrected chi connectivity index (χ0v) is 11.4. The van der Waals surface area contributed by atoms with E-state index in [1.165, 1.54) is 19.3 Å². The molecule has 2 aromatic heterocycles. The van der Waals surface area contributed by atoms with Crippen LogP contribution < -0.4 is 10.2 Å². The molecule has 1 aliphatic rings. The van der Waals surface area contributed by atoms with E-state index < -0.39 is 0 Å². The molecule has 0 amide bonds. The summed E-state index contributed by atoms with van der Waals surface area (Å²) in [4.78, 5) is 10.7. The van der Waals surface area contributed by atoms with Crippen LogP contribution in [0.5, 0.6) is 0 Å². The van der Waals surface area contributed by atoms with Gasteiger partial charge in [-0.05, 0) is 37.0 Å². The molecule has 0 atom stereocenters. The zero-order chi connectivity index (χ0) is 13.6. The van der Waals surface area contributed by atoms with Crippen molar-refractivity contribution in [1.82, 2.24) is 20.2 Å². The standard InChI is InChI=1S/C14H18N6/c1-2-8-20(9-3-1)14-18-13(11-17-19-14)16-10-12-4-6-15-7-5-12/h4-7,11H,1-3,8-10H2,(H,16,18,19). The maximum Gasteiger partial charge on any atom is 0.247 e. The summed E-state index contributed by atoms with van der Waals surface area (Å²) in [6.45, 7) is 2.76. The summed E-state index contributed by atoms with van der Waals surface area (Å²) in [5, 5.41) is 11.4. The molecule has 3 heterocycles. The van der Waals surface area contributed by atoms with Gasteiger partial charge in [0.05, 0.1) is 6.20 Å². The normalized spacial score (nSPS) is 15.1. The number of pyridine rings is 1. The Morgan fingerprint density at radius 2 is 1.90 bits per heavy atom. The van der Waals surface area contributed by atoms with Gasteiger partial charge in [-0.1, -0.05) is 0 Å². The average molecular weight is 270 g/mol. The van der Waals surface area contributed by atoms with Crippen LogP contribution in [-0.2, 0) is 6.54 Å². The molecule has 0 bridgehead atoms. The highest BCUT2D eigenvalue weighted by Crippen LogP contribution is 2.16. The van der Waals surface area contributed by atoms with Crippen molar-refractivity contribution < 1.29 is 0 Å². The van der Waals surface area contributed by atoms with Crippen LogP contribution in [0.3, 0.4) is 0 Å². The summed E-state index contributed by atoms with van der Waals surface area (Å²) >= 11 is 0. The van der Waals surface area contributed by atoms with Gasteiger partial charge >= 0.3 is 0 Å². The van der Waals surface area contributed by atoms with Crippen molar-refractivity contribution in [2.45, 2.75) is 25.8 Å². The van der Waals surface area contributed by atoms with Gasteiger partial charge in [0, 0.05) is 32.0 Å². The summed E-state index contributed by atoms with van der Waals surface area (Å²) in [6.07, 6.45) is 8.94. The number of nitrogens with one attached hydrogen (secondary N) is 1. The van der Waals surface area contributed by atoms with Crippen molar-refractivity contribution in [2.24, 2.45) is 0 Å². The third kappa shape index (κ3) is 3.20. The van der Waals surface area contributed by atoms with Crippen molar-refractivity contribution in [3.63, 3.8) is 0 Å². The minimum atomic E-state index is 0.709. The van der Waals surface area contributed by atoms with E-state index in [1.807, 2.05) is 12.1 Å². The molecule has 0 unspecified atom stereocenters. The molecule has 6 nitrogen and oxygen atoms in total. The molecular weight excluding hydrogens is 252 g/mol. The van der Waals surface area contributed by atoms with E-state index in [4.69, 9.17) is 0 Å². The monoisotopic (exact) mass is 270 g/mol. The fourth-order valence-electron chi connectivity index (χ4n) is 2.30. The third-order valence-corrected chi connectivity index (χ3v) is 3.41. The molecule has 2 aromatic rings. The van der Waals surface area contributed by atoms with Gasteiger partial charge in [-0.15, -0.1) is 5.10 Å². The number of hydrogen-bond acceptors (Lipinski definition) is 6. The van der Waals surface area contributed by atoms with E-state index in [-0.39, 0.29) is 0 Å². The number of anilines is 2. The van der Waals surface area contributed by atoms with E-state index >= 15 is 0 Å². The van der Waals surface area contributed by atoms with Gasteiger partial charge in [-0.25, -0.2) is 0 Å². The second-order valence-corrected chi connectivity index (χ2v) is 4.90. The van der Waals surface area contributed by atoms with Crippen LogP contribution in [0.4, 0.5) is 11.8 Å². The van der Waals surface area contributed by atoms with Crippen molar-refractivity contribution in [2.75, 3.05) is 23.3 Å². The Bertz CT molecular complexity index is 538. The molecule has 6 heteroatoms. The fourth-order valence-corrected chi connectivity index (χ4v) is 2.30. The average Bonchev–Trinajstić information content (AvgIpc) is 2.55. The molecule has 104 valence electrons. The lowest BCUT2D eigenvalue weighted by Gasteiger charge is -2.26. The predicted octanol–water partition coefficient (Wildman–Crippen LogP) is 1.87. The van der Waals surface area contributed by atoms with Crippen molar-refractivity contribution in [3.8, 4) is 0 Å². The van der Waals surface area contributed by atoms with Gasteiger partial charge < -0.3 is 10.2 Å². The molecule has 1 saturated heterocycles. The molecule has 1 fully saturated rings. The first-order valence-electron chi connectivity index (χ1n) is 6.99. The first-order valence-corrected chi connectivity index (χ1v) is 6.99. The Morgan fingerprint density at radius 1 is 1.10 bits per heavy atom. The Kier molecular flexibility index (Phi) is 4.01. The Hall–Kier alpha value is -2.24. The molecule has 0 aliphatic carbocycles. The molecule has 0 radical (unpaired) electrons.